The van der Waals surface area contributed by atoms with Gasteiger partial charge in [0.1, 0.15) is 0 Å². The van der Waals surface area contributed by atoms with Gasteiger partial charge in [0.05, 0.1) is 12.5 Å². The fraction of sp³-hybridized carbons (Fsp3) is 0.909. The van der Waals surface area contributed by atoms with E-state index in [2.05, 4.69) is 5.32 Å². The lowest BCUT2D eigenvalue weighted by molar-refractivity contribution is -0.187. The number of carbonyl (C=O) groups is 1. The molecule has 98 valence electrons. The molecule has 1 aliphatic carbocycles. The van der Waals surface area contributed by atoms with Crippen molar-refractivity contribution in [3.63, 3.8) is 0 Å². The van der Waals surface area contributed by atoms with E-state index in [1.807, 2.05) is 0 Å². The van der Waals surface area contributed by atoms with Crippen molar-refractivity contribution < 1.29 is 18.0 Å². The van der Waals surface area contributed by atoms with Crippen LogP contribution in [-0.4, -0.2) is 42.7 Å². The highest BCUT2D eigenvalue weighted by Gasteiger charge is 2.42. The molecule has 0 radical (unpaired) electrons. The number of carbonyl (C=O) groups excluding carboxylic acids is 1. The summed E-state index contributed by atoms with van der Waals surface area (Å²) in [6.07, 6.45) is -1.44. The Morgan fingerprint density at radius 3 is 2.59 bits per heavy atom. The van der Waals surface area contributed by atoms with Crippen molar-refractivity contribution in [1.82, 2.24) is 10.2 Å². The van der Waals surface area contributed by atoms with Gasteiger partial charge in [0.25, 0.3) is 0 Å². The summed E-state index contributed by atoms with van der Waals surface area (Å²) < 4.78 is 37.6. The zero-order valence-electron chi connectivity index (χ0n) is 9.59. The molecule has 0 aromatic carbocycles. The normalized spacial score (nSPS) is 26.9. The Labute approximate surface area is 98.3 Å². The average Bonchev–Trinajstić information content (AvgIpc) is 3.00. The van der Waals surface area contributed by atoms with Crippen molar-refractivity contribution in [2.75, 3.05) is 19.6 Å². The molecule has 1 N–H and O–H groups in total. The van der Waals surface area contributed by atoms with Crippen LogP contribution in [0.3, 0.4) is 0 Å². The van der Waals surface area contributed by atoms with Gasteiger partial charge in [-0.25, -0.2) is 0 Å². The monoisotopic (exact) mass is 250 g/mol. The Hall–Kier alpha value is -0.780. The molecule has 6 heteroatoms. The third-order valence-electron chi connectivity index (χ3n) is 3.28. The molecule has 17 heavy (non-hydrogen) atoms. The van der Waals surface area contributed by atoms with Crippen molar-refractivity contribution in [2.24, 2.45) is 5.92 Å². The molecule has 1 atom stereocenters. The van der Waals surface area contributed by atoms with Crippen LogP contribution in [-0.2, 0) is 4.79 Å². The smallest absolute Gasteiger partial charge is 0.352 e. The fourth-order valence-corrected chi connectivity index (χ4v) is 2.17. The van der Waals surface area contributed by atoms with E-state index < -0.39 is 12.1 Å². The third-order valence-corrected chi connectivity index (χ3v) is 3.28. The molecule has 0 unspecified atom stereocenters. The topological polar surface area (TPSA) is 32.3 Å². The minimum Gasteiger partial charge on any atom is -0.352 e. The van der Waals surface area contributed by atoms with Crippen LogP contribution in [0.15, 0.2) is 0 Å². The first kappa shape index (κ1) is 12.7. The number of piperidine rings is 1. The summed E-state index contributed by atoms with van der Waals surface area (Å²) >= 11 is 0. The second-order valence-electron chi connectivity index (χ2n) is 4.96. The van der Waals surface area contributed by atoms with Gasteiger partial charge in [-0.05, 0) is 32.2 Å². The van der Waals surface area contributed by atoms with E-state index in [0.29, 0.717) is 13.0 Å². The van der Waals surface area contributed by atoms with E-state index in [1.165, 1.54) is 0 Å². The minimum atomic E-state index is -4.13. The maximum atomic E-state index is 12.5. The number of hydrogen-bond donors (Lipinski definition) is 1. The number of nitrogens with one attached hydrogen (secondary N) is 1. The largest absolute Gasteiger partial charge is 0.393 e. The number of hydrogen-bond acceptors (Lipinski definition) is 2. The van der Waals surface area contributed by atoms with Gasteiger partial charge in [0, 0.05) is 12.6 Å². The zero-order chi connectivity index (χ0) is 12.5. The van der Waals surface area contributed by atoms with Crippen molar-refractivity contribution in [3.05, 3.63) is 0 Å². The van der Waals surface area contributed by atoms with E-state index in [1.54, 1.807) is 4.90 Å². The average molecular weight is 250 g/mol. The fourth-order valence-electron chi connectivity index (χ4n) is 2.17. The van der Waals surface area contributed by atoms with E-state index in [-0.39, 0.29) is 31.5 Å². The molecule has 1 heterocycles. The highest BCUT2D eigenvalue weighted by molar-refractivity contribution is 5.78. The molecule has 0 bridgehead atoms. The molecule has 3 nitrogen and oxygen atoms in total. The summed E-state index contributed by atoms with van der Waals surface area (Å²) in [5.41, 5.74) is 0. The van der Waals surface area contributed by atoms with Crippen molar-refractivity contribution >= 4 is 5.91 Å². The highest BCUT2D eigenvalue weighted by atomic mass is 19.4. The van der Waals surface area contributed by atoms with Gasteiger partial charge < -0.3 is 5.32 Å². The van der Waals surface area contributed by atoms with Gasteiger partial charge in [-0.3, -0.25) is 9.69 Å². The maximum absolute atomic E-state index is 12.5. The summed E-state index contributed by atoms with van der Waals surface area (Å²) in [6.45, 7) is 0.648. The lowest BCUT2D eigenvalue weighted by Crippen LogP contribution is -2.46. The molecule has 2 fully saturated rings. The van der Waals surface area contributed by atoms with E-state index in [9.17, 15) is 18.0 Å². The zero-order valence-corrected chi connectivity index (χ0v) is 9.59. The second kappa shape index (κ2) is 4.84. The molecule has 1 saturated carbocycles. The predicted octanol–water partition coefficient (Wildman–Crippen LogP) is 1.54. The Morgan fingerprint density at radius 2 is 2.00 bits per heavy atom. The van der Waals surface area contributed by atoms with Gasteiger partial charge in [-0.15, -0.1) is 0 Å². The summed E-state index contributed by atoms with van der Waals surface area (Å²) in [6, 6.07) is 0.269. The Bertz CT molecular complexity index is 289. The minimum absolute atomic E-state index is 0.0401. The SMILES string of the molecule is O=C(CN1CCC[C@H](C(F)(F)F)C1)NC1CC1. The van der Waals surface area contributed by atoms with Gasteiger partial charge >= 0.3 is 6.18 Å². The molecular weight excluding hydrogens is 233 g/mol. The van der Waals surface area contributed by atoms with Crippen LogP contribution in [0.5, 0.6) is 0 Å². The lowest BCUT2D eigenvalue weighted by atomic mass is 9.97. The number of halogens is 3. The number of rotatable bonds is 3. The molecule has 0 aromatic heterocycles. The third kappa shape index (κ3) is 3.87. The first-order valence-electron chi connectivity index (χ1n) is 6.03. The Kier molecular flexibility index (Phi) is 3.61. The molecule has 0 aromatic rings. The first-order chi connectivity index (χ1) is 7.95. The number of amides is 1. The van der Waals surface area contributed by atoms with Crippen molar-refractivity contribution in [2.45, 2.75) is 37.9 Å². The maximum Gasteiger partial charge on any atom is 0.393 e. The van der Waals surface area contributed by atoms with Crippen LogP contribution in [0.2, 0.25) is 0 Å². The Balaban J connectivity index is 1.78. The summed E-state index contributed by atoms with van der Waals surface area (Å²) in [5, 5.41) is 2.79. The highest BCUT2D eigenvalue weighted by Crippen LogP contribution is 2.32. The predicted molar refractivity (Wildman–Crippen MR) is 56.4 cm³/mol. The molecule has 1 amide bonds. The van der Waals surface area contributed by atoms with Crippen LogP contribution in [0.25, 0.3) is 0 Å². The summed E-state index contributed by atoms with van der Waals surface area (Å²) in [5.74, 6) is -1.42. The molecule has 1 saturated heterocycles. The first-order valence-corrected chi connectivity index (χ1v) is 6.03. The second-order valence-corrected chi connectivity index (χ2v) is 4.96. The standard InChI is InChI=1S/C11H17F3N2O/c12-11(13,14)8-2-1-5-16(6-8)7-10(17)15-9-3-4-9/h8-9H,1-7H2,(H,15,17)/t8-/m0/s1. The van der Waals surface area contributed by atoms with Gasteiger partial charge in [-0.1, -0.05) is 0 Å². The number of likely N-dealkylation sites (tertiary alicyclic amines) is 1. The van der Waals surface area contributed by atoms with Crippen molar-refractivity contribution in [1.29, 1.82) is 0 Å². The lowest BCUT2D eigenvalue weighted by Gasteiger charge is -2.33. The van der Waals surface area contributed by atoms with Crippen LogP contribution >= 0.6 is 0 Å². The van der Waals surface area contributed by atoms with E-state index in [0.717, 1.165) is 12.8 Å². The van der Waals surface area contributed by atoms with Crippen LogP contribution < -0.4 is 5.32 Å². The summed E-state index contributed by atoms with van der Waals surface area (Å²) in [4.78, 5) is 13.1. The molecule has 1 aliphatic heterocycles. The quantitative estimate of drug-likeness (QED) is 0.824. The van der Waals surface area contributed by atoms with Gasteiger partial charge in [0.2, 0.25) is 5.91 Å². The molecule has 0 spiro atoms. The van der Waals surface area contributed by atoms with Crippen LogP contribution in [0.4, 0.5) is 13.2 Å². The van der Waals surface area contributed by atoms with Gasteiger partial charge in [0.15, 0.2) is 0 Å². The Morgan fingerprint density at radius 1 is 1.29 bits per heavy atom. The van der Waals surface area contributed by atoms with E-state index >= 15 is 0 Å². The van der Waals surface area contributed by atoms with E-state index in [4.69, 9.17) is 0 Å². The number of alkyl halides is 3. The molecule has 2 aliphatic rings. The van der Waals surface area contributed by atoms with Crippen LogP contribution in [0.1, 0.15) is 25.7 Å². The number of nitrogens with zero attached hydrogens (tertiary/aromatic N) is 1. The van der Waals surface area contributed by atoms with Crippen molar-refractivity contribution in [3.8, 4) is 0 Å². The summed E-state index contributed by atoms with van der Waals surface area (Å²) in [7, 11) is 0. The molecular formula is C11H17F3N2O. The van der Waals surface area contributed by atoms with Crippen LogP contribution in [0, 0.1) is 5.92 Å². The van der Waals surface area contributed by atoms with Gasteiger partial charge in [-0.2, -0.15) is 13.2 Å². The molecule has 2 rings (SSSR count).